The summed E-state index contributed by atoms with van der Waals surface area (Å²) in [5.41, 5.74) is 1.15. The third-order valence-corrected chi connectivity index (χ3v) is 3.02. The molecule has 0 aliphatic heterocycles. The Bertz CT molecular complexity index is 491. The van der Waals surface area contributed by atoms with E-state index in [1.54, 1.807) is 11.9 Å². The first-order valence-electron chi connectivity index (χ1n) is 7.34. The van der Waals surface area contributed by atoms with Gasteiger partial charge in [0.25, 0.3) is 0 Å². The van der Waals surface area contributed by atoms with Gasteiger partial charge < -0.3 is 15.2 Å². The van der Waals surface area contributed by atoms with E-state index >= 15 is 0 Å². The number of nitrogens with zero attached hydrogens (tertiary/aromatic N) is 1. The molecule has 1 aromatic carbocycles. The molecule has 6 heteroatoms. The predicted octanol–water partition coefficient (Wildman–Crippen LogP) is 1.29. The van der Waals surface area contributed by atoms with Crippen LogP contribution in [0, 0.1) is 6.92 Å². The molecule has 0 fully saturated rings. The Morgan fingerprint density at radius 1 is 1.36 bits per heavy atom. The standard InChI is InChI=1S/C16H24N2O4/c1-13-5-3-6-14(11-13)22-10-4-8-17-15(19)12-18(2)9-7-16(20)21/h3,5-6,11H,4,7-10,12H2,1-2H3,(H,17,19)(H,20,21). The van der Waals surface area contributed by atoms with Crippen LogP contribution in [0.2, 0.25) is 0 Å². The van der Waals surface area contributed by atoms with E-state index in [0.29, 0.717) is 19.7 Å². The first kappa shape index (κ1) is 18.0. The van der Waals surface area contributed by atoms with Crippen molar-refractivity contribution in [3.63, 3.8) is 0 Å². The predicted molar refractivity (Wildman–Crippen MR) is 84.1 cm³/mol. The molecule has 1 aromatic rings. The molecule has 0 unspecified atom stereocenters. The average molecular weight is 308 g/mol. The molecule has 0 heterocycles. The molecule has 0 bridgehead atoms. The monoisotopic (exact) mass is 308 g/mol. The molecule has 122 valence electrons. The summed E-state index contributed by atoms with van der Waals surface area (Å²) in [6.45, 7) is 3.65. The van der Waals surface area contributed by atoms with Gasteiger partial charge in [-0.1, -0.05) is 12.1 Å². The van der Waals surface area contributed by atoms with Gasteiger partial charge in [0.05, 0.1) is 19.6 Å². The number of benzene rings is 1. The van der Waals surface area contributed by atoms with Crippen molar-refractivity contribution in [2.75, 3.05) is 33.3 Å². The molecule has 0 atom stereocenters. The first-order valence-corrected chi connectivity index (χ1v) is 7.34. The van der Waals surface area contributed by atoms with Gasteiger partial charge in [-0.25, -0.2) is 0 Å². The molecular weight excluding hydrogens is 284 g/mol. The number of likely N-dealkylation sites (N-methyl/N-ethyl adjacent to an activating group) is 1. The lowest BCUT2D eigenvalue weighted by Crippen LogP contribution is -2.36. The van der Waals surface area contributed by atoms with Crippen molar-refractivity contribution in [2.24, 2.45) is 0 Å². The van der Waals surface area contributed by atoms with Gasteiger partial charge in [-0.3, -0.25) is 14.5 Å². The minimum Gasteiger partial charge on any atom is -0.494 e. The highest BCUT2D eigenvalue weighted by atomic mass is 16.5. The van der Waals surface area contributed by atoms with E-state index in [4.69, 9.17) is 9.84 Å². The number of hydrogen-bond acceptors (Lipinski definition) is 4. The minimum absolute atomic E-state index is 0.0358. The normalized spacial score (nSPS) is 10.5. The molecule has 22 heavy (non-hydrogen) atoms. The summed E-state index contributed by atoms with van der Waals surface area (Å²) in [5.74, 6) is -0.135. The molecule has 6 nitrogen and oxygen atoms in total. The first-order chi connectivity index (χ1) is 10.5. The van der Waals surface area contributed by atoms with Gasteiger partial charge >= 0.3 is 5.97 Å². The molecule has 1 rings (SSSR count). The van der Waals surface area contributed by atoms with Crippen LogP contribution in [-0.2, 0) is 9.59 Å². The van der Waals surface area contributed by atoms with Crippen LogP contribution in [0.5, 0.6) is 5.75 Å². The lowest BCUT2D eigenvalue weighted by Gasteiger charge is -2.15. The molecule has 0 aromatic heterocycles. The maximum atomic E-state index is 11.6. The number of aliphatic carboxylic acids is 1. The Morgan fingerprint density at radius 3 is 2.82 bits per heavy atom. The molecule has 0 saturated carbocycles. The summed E-state index contributed by atoms with van der Waals surface area (Å²) < 4.78 is 5.59. The second-order valence-electron chi connectivity index (χ2n) is 5.25. The third kappa shape index (κ3) is 8.26. The Labute approximate surface area is 131 Å². The van der Waals surface area contributed by atoms with E-state index in [1.807, 2.05) is 31.2 Å². The summed E-state index contributed by atoms with van der Waals surface area (Å²) in [6, 6.07) is 7.83. The van der Waals surface area contributed by atoms with E-state index in [-0.39, 0.29) is 18.9 Å². The summed E-state index contributed by atoms with van der Waals surface area (Å²) >= 11 is 0. The topological polar surface area (TPSA) is 78.9 Å². The van der Waals surface area contributed by atoms with Crippen molar-refractivity contribution in [1.29, 1.82) is 0 Å². The van der Waals surface area contributed by atoms with Crippen molar-refractivity contribution in [1.82, 2.24) is 10.2 Å². The molecular formula is C16H24N2O4. The van der Waals surface area contributed by atoms with Crippen LogP contribution >= 0.6 is 0 Å². The number of carboxylic acid groups (broad SMARTS) is 1. The SMILES string of the molecule is Cc1cccc(OCCCNC(=O)CN(C)CCC(=O)O)c1. The van der Waals surface area contributed by atoms with Crippen molar-refractivity contribution < 1.29 is 19.4 Å². The van der Waals surface area contributed by atoms with Gasteiger partial charge in [0.2, 0.25) is 5.91 Å². The highest BCUT2D eigenvalue weighted by Gasteiger charge is 2.07. The second-order valence-corrected chi connectivity index (χ2v) is 5.25. The van der Waals surface area contributed by atoms with Gasteiger partial charge in [-0.15, -0.1) is 0 Å². The highest BCUT2D eigenvalue weighted by Crippen LogP contribution is 2.12. The van der Waals surface area contributed by atoms with Gasteiger partial charge in [0, 0.05) is 13.1 Å². The van der Waals surface area contributed by atoms with Crippen molar-refractivity contribution >= 4 is 11.9 Å². The summed E-state index contributed by atoms with van der Waals surface area (Å²) in [6.07, 6.45) is 0.757. The van der Waals surface area contributed by atoms with Crippen LogP contribution in [0.4, 0.5) is 0 Å². The lowest BCUT2D eigenvalue weighted by atomic mass is 10.2. The minimum atomic E-state index is -0.861. The summed E-state index contributed by atoms with van der Waals surface area (Å²) in [5, 5.41) is 11.4. The zero-order chi connectivity index (χ0) is 16.4. The Morgan fingerprint density at radius 2 is 2.14 bits per heavy atom. The van der Waals surface area contributed by atoms with Crippen LogP contribution in [0.1, 0.15) is 18.4 Å². The number of aryl methyl sites for hydroxylation is 1. The van der Waals surface area contributed by atoms with E-state index in [0.717, 1.165) is 17.7 Å². The van der Waals surface area contributed by atoms with E-state index in [9.17, 15) is 9.59 Å². The quantitative estimate of drug-likeness (QED) is 0.637. The number of carboxylic acids is 1. The zero-order valence-electron chi connectivity index (χ0n) is 13.2. The summed E-state index contributed by atoms with van der Waals surface area (Å²) in [4.78, 5) is 23.8. The van der Waals surface area contributed by atoms with Crippen LogP contribution in [-0.4, -0.2) is 55.2 Å². The maximum Gasteiger partial charge on any atom is 0.304 e. The van der Waals surface area contributed by atoms with E-state index < -0.39 is 5.97 Å². The molecule has 2 N–H and O–H groups in total. The Kier molecular flexibility index (Phi) is 7.99. The maximum absolute atomic E-state index is 11.6. The van der Waals surface area contributed by atoms with Crippen molar-refractivity contribution in [3.8, 4) is 5.75 Å². The van der Waals surface area contributed by atoms with Gasteiger partial charge in [-0.05, 0) is 38.1 Å². The van der Waals surface area contributed by atoms with E-state index in [2.05, 4.69) is 5.32 Å². The fourth-order valence-electron chi connectivity index (χ4n) is 1.86. The molecule has 0 radical (unpaired) electrons. The number of carbonyl (C=O) groups excluding carboxylic acids is 1. The van der Waals surface area contributed by atoms with Crippen LogP contribution in [0.25, 0.3) is 0 Å². The van der Waals surface area contributed by atoms with E-state index in [1.165, 1.54) is 0 Å². The van der Waals surface area contributed by atoms with Gasteiger partial charge in [0.15, 0.2) is 0 Å². The van der Waals surface area contributed by atoms with Crippen LogP contribution in [0.15, 0.2) is 24.3 Å². The summed E-state index contributed by atoms with van der Waals surface area (Å²) in [7, 11) is 1.73. The number of rotatable bonds is 10. The van der Waals surface area contributed by atoms with Gasteiger partial charge in [-0.2, -0.15) is 0 Å². The second kappa shape index (κ2) is 9.78. The fourth-order valence-corrected chi connectivity index (χ4v) is 1.86. The lowest BCUT2D eigenvalue weighted by molar-refractivity contribution is -0.137. The fraction of sp³-hybridized carbons (Fsp3) is 0.500. The zero-order valence-corrected chi connectivity index (χ0v) is 13.2. The number of amides is 1. The number of carbonyl (C=O) groups is 2. The number of ether oxygens (including phenoxy) is 1. The molecule has 1 amide bonds. The highest BCUT2D eigenvalue weighted by molar-refractivity contribution is 5.78. The molecule has 0 aliphatic carbocycles. The number of nitrogens with one attached hydrogen (secondary N) is 1. The van der Waals surface area contributed by atoms with Crippen LogP contribution in [0.3, 0.4) is 0 Å². The van der Waals surface area contributed by atoms with Crippen LogP contribution < -0.4 is 10.1 Å². The van der Waals surface area contributed by atoms with Crippen molar-refractivity contribution in [3.05, 3.63) is 29.8 Å². The third-order valence-electron chi connectivity index (χ3n) is 3.02. The largest absolute Gasteiger partial charge is 0.494 e. The molecule has 0 aliphatic rings. The number of hydrogen-bond donors (Lipinski definition) is 2. The average Bonchev–Trinajstić information content (AvgIpc) is 2.45. The smallest absolute Gasteiger partial charge is 0.304 e. The Hall–Kier alpha value is -2.08. The molecule has 0 saturated heterocycles. The Balaban J connectivity index is 2.08. The van der Waals surface area contributed by atoms with Gasteiger partial charge in [0.1, 0.15) is 5.75 Å². The molecule has 0 spiro atoms. The van der Waals surface area contributed by atoms with Crippen molar-refractivity contribution in [2.45, 2.75) is 19.8 Å².